The molecule has 0 amide bonds. The van der Waals surface area contributed by atoms with Gasteiger partial charge in [0.15, 0.2) is 0 Å². The minimum absolute atomic E-state index is 0.707. The van der Waals surface area contributed by atoms with Crippen LogP contribution in [0.2, 0.25) is 0 Å². The summed E-state index contributed by atoms with van der Waals surface area (Å²) in [6.45, 7) is 6.26. The lowest BCUT2D eigenvalue weighted by molar-refractivity contribution is 0.162. The molecule has 0 aromatic rings. The van der Waals surface area contributed by atoms with E-state index < -0.39 is 0 Å². The Bertz CT molecular complexity index is 120. The molecule has 0 saturated heterocycles. The maximum atomic E-state index is 5.55. The van der Waals surface area contributed by atoms with Gasteiger partial charge < -0.3 is 16.8 Å². The molecule has 0 rings (SSSR count). The molecule has 0 unspecified atom stereocenters. The summed E-state index contributed by atoms with van der Waals surface area (Å²) >= 11 is 0. The highest BCUT2D eigenvalue weighted by Crippen LogP contribution is 1.89. The molecule has 0 atom stereocenters. The molecule has 0 saturated carbocycles. The monoisotopic (exact) mass is 203 g/mol. The van der Waals surface area contributed by atoms with E-state index in [0.717, 1.165) is 32.8 Å². The predicted octanol–water partition coefficient (Wildman–Crippen LogP) is -1.69. The van der Waals surface area contributed by atoms with Crippen LogP contribution in [0.3, 0.4) is 0 Å². The zero-order chi connectivity index (χ0) is 10.8. The second-order valence-corrected chi connectivity index (χ2v) is 3.52. The van der Waals surface area contributed by atoms with E-state index in [1.807, 2.05) is 7.05 Å². The van der Waals surface area contributed by atoms with Crippen LogP contribution in [-0.4, -0.2) is 69.8 Å². The maximum absolute atomic E-state index is 5.55. The van der Waals surface area contributed by atoms with Gasteiger partial charge in [0.05, 0.1) is 6.67 Å². The second-order valence-electron chi connectivity index (χ2n) is 3.52. The van der Waals surface area contributed by atoms with Gasteiger partial charge in [-0.25, -0.2) is 0 Å². The summed E-state index contributed by atoms with van der Waals surface area (Å²) in [4.78, 5) is 4.54. The summed E-state index contributed by atoms with van der Waals surface area (Å²) in [6.07, 6.45) is 0. The topological polar surface area (TPSA) is 70.5 Å². The fraction of sp³-hybridized carbons (Fsp3) is 1.00. The number of hydrogen-bond acceptors (Lipinski definition) is 5. The Kier molecular flexibility index (Phi) is 9.23. The lowest BCUT2D eigenvalue weighted by Crippen LogP contribution is -2.42. The van der Waals surface area contributed by atoms with Crippen LogP contribution in [-0.2, 0) is 0 Å². The molecule has 5 heteroatoms. The van der Waals surface area contributed by atoms with E-state index in [4.69, 9.17) is 11.5 Å². The summed E-state index contributed by atoms with van der Waals surface area (Å²) in [5.41, 5.74) is 11.0. The van der Waals surface area contributed by atoms with Gasteiger partial charge in [-0.15, -0.1) is 0 Å². The molecule has 0 aliphatic rings. The van der Waals surface area contributed by atoms with E-state index in [2.05, 4.69) is 22.2 Å². The fourth-order valence-corrected chi connectivity index (χ4v) is 1.34. The smallest absolute Gasteiger partial charge is 0.0504 e. The minimum atomic E-state index is 0.707. The normalized spacial score (nSPS) is 11.6. The van der Waals surface area contributed by atoms with E-state index in [1.165, 1.54) is 0 Å². The summed E-state index contributed by atoms with van der Waals surface area (Å²) in [5.74, 6) is 0. The maximum Gasteiger partial charge on any atom is 0.0504 e. The molecule has 0 radical (unpaired) electrons. The zero-order valence-corrected chi connectivity index (χ0v) is 9.50. The van der Waals surface area contributed by atoms with Crippen LogP contribution in [0, 0.1) is 0 Å². The Morgan fingerprint density at radius 3 is 2.21 bits per heavy atom. The molecule has 0 bridgehead atoms. The van der Waals surface area contributed by atoms with Crippen molar-refractivity contribution in [1.29, 1.82) is 0 Å². The molecular weight excluding hydrogens is 178 g/mol. The first-order valence-electron chi connectivity index (χ1n) is 5.20. The molecule has 5 nitrogen and oxygen atoms in total. The number of nitrogens with zero attached hydrogens (tertiary/aromatic N) is 2. The first-order chi connectivity index (χ1) is 6.74. The van der Waals surface area contributed by atoms with E-state index in [1.54, 1.807) is 0 Å². The van der Waals surface area contributed by atoms with Crippen LogP contribution in [0.15, 0.2) is 0 Å². The Morgan fingerprint density at radius 2 is 1.71 bits per heavy atom. The van der Waals surface area contributed by atoms with Crippen molar-refractivity contribution < 1.29 is 0 Å². The summed E-state index contributed by atoms with van der Waals surface area (Å²) in [7, 11) is 4.04. The number of nitrogens with one attached hydrogen (secondary N) is 1. The third kappa shape index (κ3) is 7.23. The van der Waals surface area contributed by atoms with Crippen molar-refractivity contribution in [3.05, 3.63) is 0 Å². The number of nitrogens with two attached hydrogens (primary N) is 2. The largest absolute Gasteiger partial charge is 0.329 e. The van der Waals surface area contributed by atoms with Gasteiger partial charge >= 0.3 is 0 Å². The Labute approximate surface area is 87.4 Å². The van der Waals surface area contributed by atoms with Gasteiger partial charge in [0.25, 0.3) is 0 Å². The second kappa shape index (κ2) is 9.36. The Balaban J connectivity index is 3.69. The van der Waals surface area contributed by atoms with Gasteiger partial charge in [-0.05, 0) is 14.1 Å². The summed E-state index contributed by atoms with van der Waals surface area (Å²) < 4.78 is 0. The molecule has 0 aromatic heterocycles. The Morgan fingerprint density at radius 1 is 1.07 bits per heavy atom. The van der Waals surface area contributed by atoms with E-state index in [9.17, 15) is 0 Å². The molecule has 86 valence electrons. The first kappa shape index (κ1) is 13.8. The SMILES string of the molecule is CNCCN(CCN)CN(C)CCN. The standard InChI is InChI=1S/C9H25N5/c1-12-5-8-14(7-4-11)9-13(2)6-3-10/h12H,3-11H2,1-2H3. The zero-order valence-electron chi connectivity index (χ0n) is 9.50. The quantitative estimate of drug-likeness (QED) is 0.390. The highest BCUT2D eigenvalue weighted by molar-refractivity contribution is 4.60. The van der Waals surface area contributed by atoms with Crippen molar-refractivity contribution in [2.75, 3.05) is 60.0 Å². The summed E-state index contributed by atoms with van der Waals surface area (Å²) in [6, 6.07) is 0. The molecule has 0 spiro atoms. The van der Waals surface area contributed by atoms with Gasteiger partial charge in [0.1, 0.15) is 0 Å². The van der Waals surface area contributed by atoms with E-state index in [-0.39, 0.29) is 0 Å². The number of rotatable bonds is 9. The summed E-state index contributed by atoms with van der Waals surface area (Å²) in [5, 5.41) is 3.14. The van der Waals surface area contributed by atoms with Crippen LogP contribution in [0.5, 0.6) is 0 Å². The third-order valence-electron chi connectivity index (χ3n) is 2.08. The van der Waals surface area contributed by atoms with Crippen LogP contribution in [0.25, 0.3) is 0 Å². The molecule has 0 aromatic carbocycles. The third-order valence-corrected chi connectivity index (χ3v) is 2.08. The van der Waals surface area contributed by atoms with Crippen molar-refractivity contribution >= 4 is 0 Å². The average molecular weight is 203 g/mol. The minimum Gasteiger partial charge on any atom is -0.329 e. The molecular formula is C9H25N5. The highest BCUT2D eigenvalue weighted by Gasteiger charge is 2.05. The van der Waals surface area contributed by atoms with Gasteiger partial charge in [0.2, 0.25) is 0 Å². The van der Waals surface area contributed by atoms with Crippen molar-refractivity contribution in [3.63, 3.8) is 0 Å². The van der Waals surface area contributed by atoms with E-state index >= 15 is 0 Å². The van der Waals surface area contributed by atoms with Crippen LogP contribution in [0.1, 0.15) is 0 Å². The molecule has 5 N–H and O–H groups in total. The Hall–Kier alpha value is -0.200. The van der Waals surface area contributed by atoms with Gasteiger partial charge in [0, 0.05) is 39.3 Å². The van der Waals surface area contributed by atoms with Crippen molar-refractivity contribution in [3.8, 4) is 0 Å². The average Bonchev–Trinajstić information content (AvgIpc) is 2.15. The van der Waals surface area contributed by atoms with Gasteiger partial charge in [-0.1, -0.05) is 0 Å². The lowest BCUT2D eigenvalue weighted by atomic mass is 10.4. The van der Waals surface area contributed by atoms with Crippen molar-refractivity contribution in [2.45, 2.75) is 0 Å². The molecule has 0 aliphatic heterocycles. The number of hydrogen-bond donors (Lipinski definition) is 3. The highest BCUT2D eigenvalue weighted by atomic mass is 15.3. The van der Waals surface area contributed by atoms with E-state index in [0.29, 0.717) is 13.1 Å². The predicted molar refractivity (Wildman–Crippen MR) is 61.1 cm³/mol. The molecule has 14 heavy (non-hydrogen) atoms. The molecule has 0 heterocycles. The van der Waals surface area contributed by atoms with Gasteiger partial charge in [-0.3, -0.25) is 9.80 Å². The molecule has 0 aliphatic carbocycles. The number of likely N-dealkylation sites (N-methyl/N-ethyl adjacent to an activating group) is 2. The molecule has 0 fully saturated rings. The van der Waals surface area contributed by atoms with Crippen molar-refractivity contribution in [2.24, 2.45) is 11.5 Å². The van der Waals surface area contributed by atoms with Gasteiger partial charge in [-0.2, -0.15) is 0 Å². The fourth-order valence-electron chi connectivity index (χ4n) is 1.34. The first-order valence-corrected chi connectivity index (χ1v) is 5.20. The lowest BCUT2D eigenvalue weighted by Gasteiger charge is -2.27. The van der Waals surface area contributed by atoms with Crippen LogP contribution in [0.4, 0.5) is 0 Å². The van der Waals surface area contributed by atoms with Crippen molar-refractivity contribution in [1.82, 2.24) is 15.1 Å². The van der Waals surface area contributed by atoms with Crippen LogP contribution >= 0.6 is 0 Å². The van der Waals surface area contributed by atoms with Crippen LogP contribution < -0.4 is 16.8 Å².